The number of ether oxygens (including phenoxy) is 1. The van der Waals surface area contributed by atoms with Gasteiger partial charge in [-0.25, -0.2) is 12.8 Å². The third-order valence-corrected chi connectivity index (χ3v) is 6.45. The minimum absolute atomic E-state index is 0.0456. The second-order valence-corrected chi connectivity index (χ2v) is 9.78. The van der Waals surface area contributed by atoms with E-state index in [1.165, 1.54) is 37.4 Å². The number of rotatable bonds is 6. The van der Waals surface area contributed by atoms with Crippen LogP contribution >= 0.6 is 0 Å². The van der Waals surface area contributed by atoms with Crippen LogP contribution in [0.1, 0.15) is 16.7 Å². The number of sulfone groups is 1. The highest BCUT2D eigenvalue weighted by Gasteiger charge is 2.29. The summed E-state index contributed by atoms with van der Waals surface area (Å²) in [5, 5.41) is 5.89. The molecule has 0 saturated carbocycles. The van der Waals surface area contributed by atoms with Gasteiger partial charge in [0, 0.05) is 17.5 Å². The van der Waals surface area contributed by atoms with E-state index in [1.54, 1.807) is 36.4 Å². The number of benzene rings is 3. The molecule has 0 aliphatic carbocycles. The highest BCUT2D eigenvalue weighted by atomic mass is 32.2. The van der Waals surface area contributed by atoms with E-state index in [0.29, 0.717) is 33.8 Å². The monoisotopic (exact) mass is 480 g/mol. The second kappa shape index (κ2) is 9.11. The average molecular weight is 481 g/mol. The number of hydrogen-bond acceptors (Lipinski definition) is 6. The third kappa shape index (κ3) is 4.84. The van der Waals surface area contributed by atoms with Crippen LogP contribution in [-0.4, -0.2) is 33.7 Å². The zero-order valence-corrected chi connectivity index (χ0v) is 19.2. The molecule has 1 aliphatic heterocycles. The molecule has 9 heteroatoms. The summed E-state index contributed by atoms with van der Waals surface area (Å²) < 4.78 is 42.1. The van der Waals surface area contributed by atoms with Gasteiger partial charge in [0.05, 0.1) is 35.4 Å². The van der Waals surface area contributed by atoms with E-state index < -0.39 is 27.5 Å². The summed E-state index contributed by atoms with van der Waals surface area (Å²) in [6.45, 7) is 0. The Bertz CT molecular complexity index is 1430. The molecule has 3 aromatic carbocycles. The average Bonchev–Trinajstić information content (AvgIpc) is 3.11. The number of carbonyl (C=O) groups excluding carboxylic acids is 2. The maximum Gasteiger partial charge on any atom is 0.309 e. The molecule has 0 spiro atoms. The van der Waals surface area contributed by atoms with E-state index in [1.807, 2.05) is 0 Å². The summed E-state index contributed by atoms with van der Waals surface area (Å²) in [6, 6.07) is 17.2. The summed E-state index contributed by atoms with van der Waals surface area (Å²) in [5.74, 6) is -1.31. The number of methoxy groups -OCH3 is 1. The van der Waals surface area contributed by atoms with E-state index in [-0.39, 0.29) is 16.9 Å². The first-order valence-corrected chi connectivity index (χ1v) is 12.1. The Balaban J connectivity index is 1.85. The molecular formula is C25H21FN2O5S. The summed E-state index contributed by atoms with van der Waals surface area (Å²) in [7, 11) is -2.07. The van der Waals surface area contributed by atoms with Gasteiger partial charge < -0.3 is 15.4 Å². The number of hydrogen-bond donors (Lipinski definition) is 2. The number of halogens is 1. The zero-order valence-electron chi connectivity index (χ0n) is 18.4. The Kier molecular flexibility index (Phi) is 6.21. The molecule has 0 saturated heterocycles. The van der Waals surface area contributed by atoms with E-state index in [4.69, 9.17) is 4.74 Å². The van der Waals surface area contributed by atoms with Crippen LogP contribution in [0.3, 0.4) is 0 Å². The van der Waals surface area contributed by atoms with Crippen molar-refractivity contribution < 1.29 is 27.1 Å². The van der Waals surface area contributed by atoms with Crippen molar-refractivity contribution in [3.63, 3.8) is 0 Å². The first-order chi connectivity index (χ1) is 16.2. The van der Waals surface area contributed by atoms with Gasteiger partial charge in [-0.05, 0) is 59.7 Å². The minimum Gasteiger partial charge on any atom is -0.469 e. The normalized spacial score (nSPS) is 14.3. The number of fused-ring (bicyclic) bond motifs is 1. The van der Waals surface area contributed by atoms with Crippen LogP contribution < -0.4 is 10.6 Å². The molecule has 0 radical (unpaired) electrons. The lowest BCUT2D eigenvalue weighted by Gasteiger charge is -2.16. The molecule has 2 N–H and O–H groups in total. The molecule has 174 valence electrons. The van der Waals surface area contributed by atoms with Crippen molar-refractivity contribution in [1.82, 2.24) is 0 Å². The topological polar surface area (TPSA) is 102 Å². The molecule has 0 bridgehead atoms. The van der Waals surface area contributed by atoms with Gasteiger partial charge in [0.1, 0.15) is 5.82 Å². The number of amides is 1. The van der Waals surface area contributed by atoms with Crippen LogP contribution in [0.15, 0.2) is 71.6 Å². The zero-order chi connectivity index (χ0) is 24.5. The molecule has 0 atom stereocenters. The number of nitrogens with one attached hydrogen (secondary N) is 2. The van der Waals surface area contributed by atoms with E-state index in [0.717, 1.165) is 6.26 Å². The minimum atomic E-state index is -3.37. The molecule has 7 nitrogen and oxygen atoms in total. The molecule has 1 heterocycles. The summed E-state index contributed by atoms with van der Waals surface area (Å²) in [4.78, 5) is 24.9. The van der Waals surface area contributed by atoms with E-state index in [2.05, 4.69) is 10.6 Å². The van der Waals surface area contributed by atoms with Crippen LogP contribution in [0, 0.1) is 5.82 Å². The largest absolute Gasteiger partial charge is 0.469 e. The highest BCUT2D eigenvalue weighted by Crippen LogP contribution is 2.38. The number of carbonyl (C=O) groups is 2. The molecule has 34 heavy (non-hydrogen) atoms. The van der Waals surface area contributed by atoms with Crippen molar-refractivity contribution in [2.45, 2.75) is 11.3 Å². The van der Waals surface area contributed by atoms with Crippen molar-refractivity contribution >= 4 is 44.4 Å². The predicted octanol–water partition coefficient (Wildman–Crippen LogP) is 3.88. The maximum atomic E-state index is 13.8. The SMILES string of the molecule is COC(=O)Cc1cccc(/C(Nc2ccc(S(C)(=O)=O)cc2)=C2/C(=O)Nc3cc(F)ccc32)c1. The van der Waals surface area contributed by atoms with Gasteiger partial charge in [0.25, 0.3) is 5.91 Å². The fraction of sp³-hybridized carbons (Fsp3) is 0.120. The highest BCUT2D eigenvalue weighted by molar-refractivity contribution is 7.90. The Labute approximate surface area is 196 Å². The van der Waals surface area contributed by atoms with Crippen LogP contribution in [0.2, 0.25) is 0 Å². The van der Waals surface area contributed by atoms with Gasteiger partial charge in [0.15, 0.2) is 9.84 Å². The standard InChI is InChI=1S/C25H21FN2O5S/c1-33-22(29)13-15-4-3-5-16(12-15)24(27-18-7-9-19(10-8-18)34(2,31)32)23-20-11-6-17(26)14-21(20)28-25(23)30/h3-12,14,27H,13H2,1-2H3,(H,28,30)/b24-23-. The number of anilines is 2. The number of esters is 1. The van der Waals surface area contributed by atoms with Crippen LogP contribution in [0.25, 0.3) is 11.3 Å². The smallest absolute Gasteiger partial charge is 0.309 e. The summed E-state index contributed by atoms with van der Waals surface area (Å²) in [6.07, 6.45) is 1.17. The van der Waals surface area contributed by atoms with Gasteiger partial charge in [-0.1, -0.05) is 18.2 Å². The molecule has 1 aliphatic rings. The Morgan fingerprint density at radius 1 is 1.06 bits per heavy atom. The van der Waals surface area contributed by atoms with Crippen LogP contribution in [0.5, 0.6) is 0 Å². The molecular weight excluding hydrogens is 459 g/mol. The molecule has 0 aromatic heterocycles. The van der Waals surface area contributed by atoms with Crippen molar-refractivity contribution in [3.8, 4) is 0 Å². The fourth-order valence-corrected chi connectivity index (χ4v) is 4.31. The Morgan fingerprint density at radius 2 is 1.79 bits per heavy atom. The maximum absolute atomic E-state index is 13.8. The Hall–Kier alpha value is -3.98. The van der Waals surface area contributed by atoms with E-state index in [9.17, 15) is 22.4 Å². The Morgan fingerprint density at radius 3 is 2.47 bits per heavy atom. The first kappa shape index (κ1) is 23.2. The quantitative estimate of drug-likeness (QED) is 0.410. The molecule has 3 aromatic rings. The molecule has 0 unspecified atom stereocenters. The van der Waals surface area contributed by atoms with Gasteiger partial charge in [-0.2, -0.15) is 0 Å². The molecule has 0 fully saturated rings. The van der Waals surface area contributed by atoms with Crippen molar-refractivity contribution in [3.05, 3.63) is 89.2 Å². The van der Waals surface area contributed by atoms with E-state index >= 15 is 0 Å². The van der Waals surface area contributed by atoms with Gasteiger partial charge in [0.2, 0.25) is 0 Å². The summed E-state index contributed by atoms with van der Waals surface area (Å²) >= 11 is 0. The van der Waals surface area contributed by atoms with Gasteiger partial charge >= 0.3 is 5.97 Å². The van der Waals surface area contributed by atoms with Gasteiger partial charge in [-0.3, -0.25) is 9.59 Å². The van der Waals surface area contributed by atoms with Gasteiger partial charge in [-0.15, -0.1) is 0 Å². The third-order valence-electron chi connectivity index (χ3n) is 5.32. The lowest BCUT2D eigenvalue weighted by atomic mass is 9.98. The van der Waals surface area contributed by atoms with Crippen molar-refractivity contribution in [2.75, 3.05) is 24.0 Å². The first-order valence-electron chi connectivity index (χ1n) is 10.2. The van der Waals surface area contributed by atoms with Crippen LogP contribution in [-0.2, 0) is 30.6 Å². The molecule has 4 rings (SSSR count). The van der Waals surface area contributed by atoms with Crippen LogP contribution in [0.4, 0.5) is 15.8 Å². The molecule has 1 amide bonds. The lowest BCUT2D eigenvalue weighted by molar-refractivity contribution is -0.139. The fourth-order valence-electron chi connectivity index (χ4n) is 3.68. The predicted molar refractivity (Wildman–Crippen MR) is 127 cm³/mol. The second-order valence-electron chi connectivity index (χ2n) is 7.77. The van der Waals surface area contributed by atoms with Crippen molar-refractivity contribution in [2.24, 2.45) is 0 Å². The summed E-state index contributed by atoms with van der Waals surface area (Å²) in [5.41, 5.74) is 3.39. The lowest BCUT2D eigenvalue weighted by Crippen LogP contribution is -2.11. The van der Waals surface area contributed by atoms with Crippen molar-refractivity contribution in [1.29, 1.82) is 0 Å².